The highest BCUT2D eigenvalue weighted by atomic mass is 32.1. The Balaban J connectivity index is 1.98. The van der Waals surface area contributed by atoms with Crippen molar-refractivity contribution in [1.82, 2.24) is 9.80 Å². The van der Waals surface area contributed by atoms with Gasteiger partial charge in [-0.1, -0.05) is 24.3 Å². The van der Waals surface area contributed by atoms with Crippen molar-refractivity contribution in [2.45, 2.75) is 51.9 Å². The Kier molecular flexibility index (Phi) is 7.58. The molecule has 0 saturated heterocycles. The third kappa shape index (κ3) is 6.11. The van der Waals surface area contributed by atoms with Crippen LogP contribution in [0.3, 0.4) is 0 Å². The molecule has 2 aromatic heterocycles. The fourth-order valence-electron chi connectivity index (χ4n) is 3.64. The lowest BCUT2D eigenvalue weighted by molar-refractivity contribution is -0.139. The minimum Gasteiger partial charge on any atom is -0.508 e. The SMILES string of the molecule is CC(C)(C)N(C(=O)O)[C@@H](Cc1ccc(O)cc1)C(=O)N(Cc1cccs1)Cc1cccs1. The molecule has 0 aliphatic rings. The predicted octanol–water partition coefficient (Wildman–Crippen LogP) is 5.43. The van der Waals surface area contributed by atoms with E-state index in [4.69, 9.17) is 0 Å². The molecule has 3 rings (SSSR count). The average molecular weight is 473 g/mol. The minimum atomic E-state index is -1.14. The molecule has 0 spiro atoms. The Morgan fingerprint density at radius 3 is 1.88 bits per heavy atom. The van der Waals surface area contributed by atoms with Crippen LogP contribution in [0.1, 0.15) is 36.1 Å². The summed E-state index contributed by atoms with van der Waals surface area (Å²) in [6, 6.07) is 13.5. The summed E-state index contributed by atoms with van der Waals surface area (Å²) in [6.45, 7) is 6.21. The van der Waals surface area contributed by atoms with Gasteiger partial charge in [-0.2, -0.15) is 0 Å². The second-order valence-electron chi connectivity index (χ2n) is 8.56. The molecule has 0 fully saturated rings. The molecule has 170 valence electrons. The zero-order valence-electron chi connectivity index (χ0n) is 18.4. The molecule has 3 aromatic rings. The average Bonchev–Trinajstić information content (AvgIpc) is 3.41. The Labute approximate surface area is 196 Å². The quantitative estimate of drug-likeness (QED) is 0.458. The third-order valence-corrected chi connectivity index (χ3v) is 6.78. The Hall–Kier alpha value is -2.84. The van der Waals surface area contributed by atoms with Gasteiger partial charge in [-0.25, -0.2) is 4.79 Å². The number of aromatic hydroxyl groups is 1. The van der Waals surface area contributed by atoms with E-state index < -0.39 is 17.7 Å². The number of phenolic OH excluding ortho intramolecular Hbond substituents is 1. The number of hydrogen-bond acceptors (Lipinski definition) is 5. The summed E-state index contributed by atoms with van der Waals surface area (Å²) >= 11 is 3.14. The normalized spacial score (nSPS) is 12.3. The van der Waals surface area contributed by atoms with E-state index in [9.17, 15) is 19.8 Å². The van der Waals surface area contributed by atoms with Gasteiger partial charge in [0.15, 0.2) is 0 Å². The van der Waals surface area contributed by atoms with E-state index in [0.29, 0.717) is 13.1 Å². The number of benzene rings is 1. The first-order chi connectivity index (χ1) is 15.1. The maximum Gasteiger partial charge on any atom is 0.408 e. The van der Waals surface area contributed by atoms with Gasteiger partial charge >= 0.3 is 6.09 Å². The summed E-state index contributed by atoms with van der Waals surface area (Å²) in [5.74, 6) is -0.114. The second-order valence-corrected chi connectivity index (χ2v) is 10.6. The molecule has 6 nitrogen and oxygen atoms in total. The van der Waals surface area contributed by atoms with E-state index in [1.807, 2.05) is 35.0 Å². The van der Waals surface area contributed by atoms with Gasteiger partial charge in [0.2, 0.25) is 5.91 Å². The number of carbonyl (C=O) groups is 2. The highest BCUT2D eigenvalue weighted by Crippen LogP contribution is 2.25. The van der Waals surface area contributed by atoms with Crippen LogP contribution in [0.4, 0.5) is 4.79 Å². The maximum absolute atomic E-state index is 13.9. The number of phenols is 1. The van der Waals surface area contributed by atoms with Crippen molar-refractivity contribution in [1.29, 1.82) is 0 Å². The van der Waals surface area contributed by atoms with Crippen LogP contribution in [-0.4, -0.2) is 43.6 Å². The first-order valence-corrected chi connectivity index (χ1v) is 12.0. The third-order valence-electron chi connectivity index (χ3n) is 5.06. The van der Waals surface area contributed by atoms with Crippen molar-refractivity contribution in [2.75, 3.05) is 0 Å². The molecule has 2 N–H and O–H groups in total. The largest absolute Gasteiger partial charge is 0.508 e. The van der Waals surface area contributed by atoms with Crippen molar-refractivity contribution in [3.63, 3.8) is 0 Å². The molecular formula is C24H28N2O4S2. The van der Waals surface area contributed by atoms with Gasteiger partial charge in [-0.15, -0.1) is 22.7 Å². The van der Waals surface area contributed by atoms with Gasteiger partial charge in [0.1, 0.15) is 11.8 Å². The van der Waals surface area contributed by atoms with Gasteiger partial charge < -0.3 is 15.1 Å². The highest BCUT2D eigenvalue weighted by Gasteiger charge is 2.39. The van der Waals surface area contributed by atoms with E-state index in [-0.39, 0.29) is 18.1 Å². The summed E-state index contributed by atoms with van der Waals surface area (Å²) < 4.78 is 0. The van der Waals surface area contributed by atoms with Crippen LogP contribution in [0.2, 0.25) is 0 Å². The second kappa shape index (κ2) is 10.2. The number of thiophene rings is 2. The molecule has 0 unspecified atom stereocenters. The van der Waals surface area contributed by atoms with Gasteiger partial charge in [0, 0.05) is 21.7 Å². The Morgan fingerprint density at radius 2 is 1.47 bits per heavy atom. The van der Waals surface area contributed by atoms with Crippen LogP contribution in [0.25, 0.3) is 0 Å². The standard InChI is InChI=1S/C24H28N2O4S2/c1-24(2,3)26(23(29)30)21(14-17-8-10-18(27)11-9-17)22(28)25(15-19-6-4-12-31-19)16-20-7-5-13-32-20/h4-13,21,27H,14-16H2,1-3H3,(H,29,30)/t21-/m0/s1. The molecule has 0 aliphatic heterocycles. The zero-order chi connectivity index (χ0) is 23.3. The van der Waals surface area contributed by atoms with Gasteiger partial charge in [-0.3, -0.25) is 9.69 Å². The summed E-state index contributed by atoms with van der Waals surface area (Å²) in [5.41, 5.74) is 0.00417. The number of nitrogens with zero attached hydrogens (tertiary/aromatic N) is 2. The molecule has 2 heterocycles. The molecule has 0 saturated carbocycles. The van der Waals surface area contributed by atoms with Crippen LogP contribution in [0.5, 0.6) is 5.75 Å². The number of hydrogen-bond donors (Lipinski definition) is 2. The lowest BCUT2D eigenvalue weighted by atomic mass is 9.97. The molecule has 2 amide bonds. The van der Waals surface area contributed by atoms with Gasteiger partial charge in [0.05, 0.1) is 13.1 Å². The summed E-state index contributed by atoms with van der Waals surface area (Å²) in [5, 5.41) is 23.6. The van der Waals surface area contributed by atoms with E-state index in [1.165, 1.54) is 4.90 Å². The van der Waals surface area contributed by atoms with E-state index in [1.54, 1.807) is 72.6 Å². The highest BCUT2D eigenvalue weighted by molar-refractivity contribution is 7.10. The minimum absolute atomic E-state index is 0.125. The summed E-state index contributed by atoms with van der Waals surface area (Å²) in [7, 11) is 0. The van der Waals surface area contributed by atoms with E-state index in [0.717, 1.165) is 15.3 Å². The molecule has 0 radical (unpaired) electrons. The monoisotopic (exact) mass is 472 g/mol. The van der Waals surface area contributed by atoms with Crippen molar-refractivity contribution in [2.24, 2.45) is 0 Å². The van der Waals surface area contributed by atoms with Crippen molar-refractivity contribution in [3.05, 3.63) is 74.6 Å². The number of carbonyl (C=O) groups excluding carboxylic acids is 1. The molecule has 8 heteroatoms. The number of amides is 2. The first kappa shape index (κ1) is 23.8. The predicted molar refractivity (Wildman–Crippen MR) is 128 cm³/mol. The molecule has 1 aromatic carbocycles. The van der Waals surface area contributed by atoms with Crippen LogP contribution in [-0.2, 0) is 24.3 Å². The molecule has 0 aliphatic carbocycles. The van der Waals surface area contributed by atoms with E-state index >= 15 is 0 Å². The number of rotatable bonds is 8. The summed E-state index contributed by atoms with van der Waals surface area (Å²) in [6.07, 6.45) is -0.921. The van der Waals surface area contributed by atoms with Crippen molar-refractivity contribution >= 4 is 34.7 Å². The Morgan fingerprint density at radius 1 is 0.938 bits per heavy atom. The molecule has 32 heavy (non-hydrogen) atoms. The van der Waals surface area contributed by atoms with Gasteiger partial charge in [-0.05, 0) is 61.4 Å². The van der Waals surface area contributed by atoms with Crippen LogP contribution < -0.4 is 0 Å². The van der Waals surface area contributed by atoms with Crippen molar-refractivity contribution < 1.29 is 19.8 Å². The van der Waals surface area contributed by atoms with E-state index in [2.05, 4.69) is 0 Å². The van der Waals surface area contributed by atoms with Gasteiger partial charge in [0.25, 0.3) is 0 Å². The summed E-state index contributed by atoms with van der Waals surface area (Å²) in [4.78, 5) is 31.3. The molecule has 0 bridgehead atoms. The van der Waals surface area contributed by atoms with Crippen LogP contribution in [0, 0.1) is 0 Å². The molecule has 1 atom stereocenters. The molecular weight excluding hydrogens is 444 g/mol. The fraction of sp³-hybridized carbons (Fsp3) is 0.333. The Bertz CT molecular complexity index is 973. The zero-order valence-corrected chi connectivity index (χ0v) is 20.0. The van der Waals surface area contributed by atoms with Crippen LogP contribution >= 0.6 is 22.7 Å². The fourth-order valence-corrected chi connectivity index (χ4v) is 5.07. The maximum atomic E-state index is 13.9. The lowest BCUT2D eigenvalue weighted by Gasteiger charge is -2.40. The van der Waals surface area contributed by atoms with Crippen LogP contribution in [0.15, 0.2) is 59.3 Å². The lowest BCUT2D eigenvalue weighted by Crippen LogP contribution is -2.58. The van der Waals surface area contributed by atoms with Crippen molar-refractivity contribution in [3.8, 4) is 5.75 Å². The first-order valence-electron chi connectivity index (χ1n) is 10.3. The smallest absolute Gasteiger partial charge is 0.408 e. The topological polar surface area (TPSA) is 81.1 Å². The number of carboxylic acid groups (broad SMARTS) is 1.